The van der Waals surface area contributed by atoms with Crippen molar-refractivity contribution in [3.8, 4) is 0 Å². The molecule has 2 unspecified atom stereocenters. The molecule has 0 aliphatic carbocycles. The van der Waals surface area contributed by atoms with E-state index in [0.29, 0.717) is 6.54 Å². The number of aromatic nitrogens is 4. The normalized spacial score (nSPS) is 23.3. The fraction of sp³-hybridized carbons (Fsp3) is 0.400. The Bertz CT molecular complexity index is 1170. The van der Waals surface area contributed by atoms with Crippen molar-refractivity contribution in [3.05, 3.63) is 68.9 Å². The van der Waals surface area contributed by atoms with Gasteiger partial charge in [-0.3, -0.25) is 0 Å². The Hall–Kier alpha value is -0.860. The predicted octanol–water partition coefficient (Wildman–Crippen LogP) is 3.46. The fourth-order valence-electron chi connectivity index (χ4n) is 4.97. The predicted molar refractivity (Wildman–Crippen MR) is 135 cm³/mol. The number of thiol groups is 2. The SMILES string of the molecule is CSN1Cc2ncsc2C(c2ncnc3c2CN(S)C3[n+]2cccc3c2CN(SS)C3)C1. The molecule has 0 aromatic carbocycles. The molecule has 3 aliphatic rings. The lowest BCUT2D eigenvalue weighted by Gasteiger charge is -2.30. The van der Waals surface area contributed by atoms with Gasteiger partial charge in [-0.15, -0.1) is 11.3 Å². The summed E-state index contributed by atoms with van der Waals surface area (Å²) in [7, 11) is 1.49. The average Bonchev–Trinajstić information content (AvgIpc) is 3.53. The molecule has 0 N–H and O–H groups in total. The zero-order valence-electron chi connectivity index (χ0n) is 17.3. The van der Waals surface area contributed by atoms with Gasteiger partial charge in [0.1, 0.15) is 12.0 Å². The minimum absolute atomic E-state index is 0.0592. The standard InChI is InChI=1S/C20H21N7S5/c1-30-24-6-14(19-15(8-24)23-11-31-19)17-13-7-27(28)20(18(13)22-10-21-17)26-4-2-3-12-5-25(32-29)9-16(12)26/h2-4,10-11,14,20,28H,5-9H2,1H3/p+1. The van der Waals surface area contributed by atoms with E-state index in [4.69, 9.17) is 22.8 Å². The first-order valence-corrected chi connectivity index (χ1v) is 14.6. The summed E-state index contributed by atoms with van der Waals surface area (Å²) in [5, 5.41) is 0. The van der Waals surface area contributed by atoms with Crippen LogP contribution in [0.4, 0.5) is 0 Å². The summed E-state index contributed by atoms with van der Waals surface area (Å²) in [5.41, 5.74) is 9.12. The van der Waals surface area contributed by atoms with Gasteiger partial charge < -0.3 is 0 Å². The lowest BCUT2D eigenvalue weighted by molar-refractivity contribution is -0.734. The molecular weight excluding hydrogens is 499 g/mol. The lowest BCUT2D eigenvalue weighted by Crippen LogP contribution is -2.48. The largest absolute Gasteiger partial charge is 0.267 e. The third-order valence-corrected chi connectivity index (χ3v) is 9.75. The van der Waals surface area contributed by atoms with Crippen molar-refractivity contribution >= 4 is 58.7 Å². The van der Waals surface area contributed by atoms with Gasteiger partial charge in [-0.1, -0.05) is 36.4 Å². The monoisotopic (exact) mass is 520 g/mol. The Morgan fingerprint density at radius 1 is 1.12 bits per heavy atom. The summed E-state index contributed by atoms with van der Waals surface area (Å²) in [6.45, 7) is 4.28. The molecule has 6 heterocycles. The van der Waals surface area contributed by atoms with E-state index < -0.39 is 0 Å². The third kappa shape index (κ3) is 3.50. The van der Waals surface area contributed by atoms with Gasteiger partial charge in [0.25, 0.3) is 6.17 Å². The molecule has 32 heavy (non-hydrogen) atoms. The number of hydrogen-bond acceptors (Lipinski definition) is 11. The van der Waals surface area contributed by atoms with Crippen LogP contribution in [0, 0.1) is 0 Å². The molecule has 2 atom stereocenters. The maximum absolute atomic E-state index is 4.91. The van der Waals surface area contributed by atoms with Gasteiger partial charge in [-0.05, 0) is 23.3 Å². The molecule has 0 fully saturated rings. The van der Waals surface area contributed by atoms with E-state index in [1.54, 1.807) is 29.6 Å². The van der Waals surface area contributed by atoms with Crippen LogP contribution in [0.3, 0.4) is 0 Å². The number of hydrogen-bond donors (Lipinski definition) is 2. The summed E-state index contributed by atoms with van der Waals surface area (Å²) in [6, 6.07) is 4.32. The summed E-state index contributed by atoms with van der Waals surface area (Å²) in [5.74, 6) is 0.207. The van der Waals surface area contributed by atoms with Crippen LogP contribution in [0.2, 0.25) is 0 Å². The van der Waals surface area contributed by atoms with E-state index in [9.17, 15) is 0 Å². The van der Waals surface area contributed by atoms with Crippen molar-refractivity contribution in [1.82, 2.24) is 27.9 Å². The van der Waals surface area contributed by atoms with Crippen molar-refractivity contribution in [1.29, 1.82) is 0 Å². The molecule has 0 saturated carbocycles. The highest BCUT2D eigenvalue weighted by Gasteiger charge is 2.44. The van der Waals surface area contributed by atoms with Crippen molar-refractivity contribution < 1.29 is 4.57 Å². The minimum Gasteiger partial charge on any atom is -0.248 e. The Kier molecular flexibility index (Phi) is 5.91. The topological polar surface area (TPSA) is 52.3 Å². The summed E-state index contributed by atoms with van der Waals surface area (Å²) in [4.78, 5) is 15.6. The summed E-state index contributed by atoms with van der Waals surface area (Å²) >= 11 is 12.8. The molecule has 3 aromatic rings. The number of pyridine rings is 1. The highest BCUT2D eigenvalue weighted by molar-refractivity contribution is 8.67. The lowest BCUT2D eigenvalue weighted by atomic mass is 9.94. The van der Waals surface area contributed by atoms with Crippen molar-refractivity contribution in [2.45, 2.75) is 38.3 Å². The zero-order chi connectivity index (χ0) is 21.8. The quantitative estimate of drug-likeness (QED) is 0.235. The van der Waals surface area contributed by atoms with Crippen LogP contribution >= 0.6 is 58.7 Å². The van der Waals surface area contributed by atoms with Gasteiger partial charge in [-0.2, -0.15) is 8.87 Å². The highest BCUT2D eigenvalue weighted by atomic mass is 33.1. The minimum atomic E-state index is -0.0592. The van der Waals surface area contributed by atoms with Crippen molar-refractivity contribution in [2.75, 3.05) is 12.8 Å². The molecule has 12 heteroatoms. The molecule has 0 radical (unpaired) electrons. The molecule has 6 rings (SSSR count). The Morgan fingerprint density at radius 2 is 2.00 bits per heavy atom. The van der Waals surface area contributed by atoms with E-state index in [1.165, 1.54) is 38.4 Å². The second-order valence-electron chi connectivity index (χ2n) is 8.08. The number of thiazole rings is 1. The number of rotatable bonds is 4. The zero-order valence-corrected chi connectivity index (χ0v) is 21.6. The Labute approximate surface area is 210 Å². The molecule has 0 spiro atoms. The second kappa shape index (κ2) is 8.73. The third-order valence-electron chi connectivity index (χ3n) is 6.43. The first-order chi connectivity index (χ1) is 15.7. The second-order valence-corrected chi connectivity index (χ2v) is 11.5. The van der Waals surface area contributed by atoms with E-state index >= 15 is 0 Å². The highest BCUT2D eigenvalue weighted by Crippen LogP contribution is 2.42. The fourth-order valence-corrected chi connectivity index (χ4v) is 7.50. The molecule has 3 aliphatic heterocycles. The Morgan fingerprint density at radius 3 is 2.84 bits per heavy atom. The molecule has 7 nitrogen and oxygen atoms in total. The molecule has 0 amide bonds. The smallest absolute Gasteiger partial charge is 0.248 e. The first kappa shape index (κ1) is 21.7. The summed E-state index contributed by atoms with van der Waals surface area (Å²) < 4.78 is 9.03. The van der Waals surface area contributed by atoms with Crippen molar-refractivity contribution in [3.63, 3.8) is 0 Å². The molecule has 0 saturated heterocycles. The maximum atomic E-state index is 4.91. The molecular formula is C20H22N7S5+. The average molecular weight is 521 g/mol. The molecule has 0 bridgehead atoms. The van der Waals surface area contributed by atoms with Gasteiger partial charge >= 0.3 is 0 Å². The van der Waals surface area contributed by atoms with Gasteiger partial charge in [-0.25, -0.2) is 23.6 Å². The number of fused-ring (bicyclic) bond motifs is 3. The van der Waals surface area contributed by atoms with Crippen LogP contribution in [-0.2, 0) is 26.2 Å². The van der Waals surface area contributed by atoms with E-state index in [1.807, 2.05) is 5.51 Å². The van der Waals surface area contributed by atoms with Gasteiger partial charge in [0.05, 0.1) is 35.9 Å². The van der Waals surface area contributed by atoms with Crippen LogP contribution in [0.15, 0.2) is 30.2 Å². The van der Waals surface area contributed by atoms with Crippen LogP contribution in [0.25, 0.3) is 0 Å². The van der Waals surface area contributed by atoms with Crippen LogP contribution < -0.4 is 4.57 Å². The van der Waals surface area contributed by atoms with Crippen LogP contribution in [0.1, 0.15) is 50.9 Å². The molecule has 166 valence electrons. The van der Waals surface area contributed by atoms with Gasteiger partial charge in [0.15, 0.2) is 6.20 Å². The first-order valence-electron chi connectivity index (χ1n) is 10.3. The van der Waals surface area contributed by atoms with E-state index in [-0.39, 0.29) is 12.1 Å². The summed E-state index contributed by atoms with van der Waals surface area (Å²) in [6.07, 6.45) is 5.94. The Balaban J connectivity index is 1.43. The van der Waals surface area contributed by atoms with E-state index in [0.717, 1.165) is 37.6 Å². The van der Waals surface area contributed by atoms with E-state index in [2.05, 4.69) is 58.7 Å². The molecule has 3 aromatic heterocycles. The number of nitrogens with zero attached hydrogens (tertiary/aromatic N) is 7. The van der Waals surface area contributed by atoms with Crippen molar-refractivity contribution in [2.24, 2.45) is 0 Å². The maximum Gasteiger partial charge on any atom is 0.267 e. The van der Waals surface area contributed by atoms with Gasteiger partial charge in [0, 0.05) is 41.7 Å². The van der Waals surface area contributed by atoms with Crippen LogP contribution in [0.5, 0.6) is 0 Å². The van der Waals surface area contributed by atoms with Gasteiger partial charge in [0.2, 0.25) is 5.69 Å². The van der Waals surface area contributed by atoms with Crippen LogP contribution in [-0.4, -0.2) is 40.7 Å².